The standard InChI is InChI=1S/C13H24N2O2.ClH/c16-10-13(4-1-5-13)9-15-12(17)8-11-2-6-14-7-3-11;/h11,14,16H,1-10H2,(H,15,17);1H. The summed E-state index contributed by atoms with van der Waals surface area (Å²) in [5, 5.41) is 15.6. The van der Waals surface area contributed by atoms with Crippen LogP contribution in [0.3, 0.4) is 0 Å². The molecule has 106 valence electrons. The lowest BCUT2D eigenvalue weighted by Crippen LogP contribution is -2.45. The molecule has 1 aliphatic carbocycles. The van der Waals surface area contributed by atoms with E-state index in [-0.39, 0.29) is 30.3 Å². The van der Waals surface area contributed by atoms with Crippen molar-refractivity contribution in [2.75, 3.05) is 26.2 Å². The van der Waals surface area contributed by atoms with E-state index in [0.717, 1.165) is 38.8 Å². The molecule has 0 bridgehead atoms. The van der Waals surface area contributed by atoms with E-state index >= 15 is 0 Å². The summed E-state index contributed by atoms with van der Waals surface area (Å²) in [5.41, 5.74) is 0.00375. The lowest BCUT2D eigenvalue weighted by Gasteiger charge is -2.40. The fourth-order valence-electron chi connectivity index (χ4n) is 2.77. The first-order valence-corrected chi connectivity index (χ1v) is 6.82. The van der Waals surface area contributed by atoms with E-state index in [9.17, 15) is 9.90 Å². The predicted octanol–water partition coefficient (Wildman–Crippen LogP) is 1.08. The molecular weight excluding hydrogens is 252 g/mol. The summed E-state index contributed by atoms with van der Waals surface area (Å²) >= 11 is 0. The zero-order valence-corrected chi connectivity index (χ0v) is 11.7. The Hall–Kier alpha value is -0.320. The Morgan fingerprint density at radius 3 is 2.50 bits per heavy atom. The van der Waals surface area contributed by atoms with Gasteiger partial charge in [-0.3, -0.25) is 4.79 Å². The minimum Gasteiger partial charge on any atom is -0.396 e. The molecule has 1 saturated carbocycles. The Kier molecular flexibility index (Phi) is 6.39. The topological polar surface area (TPSA) is 61.4 Å². The normalized spacial score (nSPS) is 22.7. The Morgan fingerprint density at radius 1 is 1.33 bits per heavy atom. The SMILES string of the molecule is Cl.O=C(CC1CCNCC1)NCC1(CO)CCC1. The van der Waals surface area contributed by atoms with Gasteiger partial charge in [-0.1, -0.05) is 6.42 Å². The van der Waals surface area contributed by atoms with Gasteiger partial charge in [0.05, 0.1) is 6.61 Å². The summed E-state index contributed by atoms with van der Waals surface area (Å²) < 4.78 is 0. The molecule has 0 aromatic heterocycles. The van der Waals surface area contributed by atoms with Crippen LogP contribution < -0.4 is 10.6 Å². The third-order valence-corrected chi connectivity index (χ3v) is 4.34. The number of aliphatic hydroxyl groups excluding tert-OH is 1. The van der Waals surface area contributed by atoms with E-state index in [4.69, 9.17) is 0 Å². The van der Waals surface area contributed by atoms with Crippen molar-refractivity contribution in [1.29, 1.82) is 0 Å². The smallest absolute Gasteiger partial charge is 0.220 e. The Morgan fingerprint density at radius 2 is 2.00 bits per heavy atom. The summed E-state index contributed by atoms with van der Waals surface area (Å²) in [6.45, 7) is 2.95. The molecule has 18 heavy (non-hydrogen) atoms. The van der Waals surface area contributed by atoms with Gasteiger partial charge >= 0.3 is 0 Å². The third-order valence-electron chi connectivity index (χ3n) is 4.34. The van der Waals surface area contributed by atoms with Crippen molar-refractivity contribution < 1.29 is 9.90 Å². The number of hydrogen-bond acceptors (Lipinski definition) is 3. The van der Waals surface area contributed by atoms with E-state index in [1.54, 1.807) is 0 Å². The Bertz CT molecular complexity index is 258. The van der Waals surface area contributed by atoms with Crippen LogP contribution in [0.4, 0.5) is 0 Å². The molecule has 2 aliphatic rings. The maximum atomic E-state index is 11.8. The molecule has 0 radical (unpaired) electrons. The first-order chi connectivity index (χ1) is 8.24. The molecule has 0 atom stereocenters. The average molecular weight is 277 g/mol. The van der Waals surface area contributed by atoms with Gasteiger partial charge in [-0.25, -0.2) is 0 Å². The number of amides is 1. The first-order valence-electron chi connectivity index (χ1n) is 6.82. The van der Waals surface area contributed by atoms with Crippen LogP contribution in [-0.4, -0.2) is 37.3 Å². The van der Waals surface area contributed by atoms with Crippen molar-refractivity contribution >= 4 is 18.3 Å². The maximum Gasteiger partial charge on any atom is 0.220 e. The van der Waals surface area contributed by atoms with Crippen molar-refractivity contribution in [1.82, 2.24) is 10.6 Å². The quantitative estimate of drug-likeness (QED) is 0.704. The molecule has 4 nitrogen and oxygen atoms in total. The summed E-state index contributed by atoms with van der Waals surface area (Å²) in [6.07, 6.45) is 6.17. The van der Waals surface area contributed by atoms with Gasteiger partial charge in [0.15, 0.2) is 0 Å². The number of carbonyl (C=O) groups is 1. The van der Waals surface area contributed by atoms with Crippen LogP contribution in [0.25, 0.3) is 0 Å². The summed E-state index contributed by atoms with van der Waals surface area (Å²) in [5.74, 6) is 0.708. The second-order valence-electron chi connectivity index (χ2n) is 5.69. The number of halogens is 1. The molecule has 2 rings (SSSR count). The van der Waals surface area contributed by atoms with Crippen LogP contribution in [-0.2, 0) is 4.79 Å². The number of piperidine rings is 1. The van der Waals surface area contributed by atoms with E-state index in [1.807, 2.05) is 0 Å². The van der Waals surface area contributed by atoms with Gasteiger partial charge < -0.3 is 15.7 Å². The van der Waals surface area contributed by atoms with Crippen LogP contribution in [0.5, 0.6) is 0 Å². The van der Waals surface area contributed by atoms with Crippen LogP contribution in [0.15, 0.2) is 0 Å². The number of aliphatic hydroxyl groups is 1. The predicted molar refractivity (Wildman–Crippen MR) is 73.8 cm³/mol. The summed E-state index contributed by atoms with van der Waals surface area (Å²) in [7, 11) is 0. The van der Waals surface area contributed by atoms with E-state index in [2.05, 4.69) is 10.6 Å². The van der Waals surface area contributed by atoms with Gasteiger partial charge in [0, 0.05) is 18.4 Å². The molecule has 1 saturated heterocycles. The van der Waals surface area contributed by atoms with Gasteiger partial charge in [-0.2, -0.15) is 0 Å². The highest BCUT2D eigenvalue weighted by atomic mass is 35.5. The highest BCUT2D eigenvalue weighted by Gasteiger charge is 2.36. The molecule has 0 unspecified atom stereocenters. The van der Waals surface area contributed by atoms with Gasteiger partial charge in [0.1, 0.15) is 0 Å². The van der Waals surface area contributed by atoms with Crippen molar-refractivity contribution in [3.63, 3.8) is 0 Å². The minimum atomic E-state index is 0. The monoisotopic (exact) mass is 276 g/mol. The lowest BCUT2D eigenvalue weighted by atomic mass is 9.69. The van der Waals surface area contributed by atoms with Crippen LogP contribution in [0, 0.1) is 11.3 Å². The summed E-state index contributed by atoms with van der Waals surface area (Å²) in [4.78, 5) is 11.8. The largest absolute Gasteiger partial charge is 0.396 e. The Balaban J connectivity index is 0.00000162. The molecule has 3 N–H and O–H groups in total. The Labute approximate surface area is 115 Å². The van der Waals surface area contributed by atoms with Crippen molar-refractivity contribution in [3.05, 3.63) is 0 Å². The van der Waals surface area contributed by atoms with Gasteiger partial charge in [-0.05, 0) is 44.7 Å². The fraction of sp³-hybridized carbons (Fsp3) is 0.923. The first kappa shape index (κ1) is 15.7. The molecule has 1 aliphatic heterocycles. The van der Waals surface area contributed by atoms with Crippen molar-refractivity contribution in [3.8, 4) is 0 Å². The zero-order valence-electron chi connectivity index (χ0n) is 10.9. The van der Waals surface area contributed by atoms with E-state index in [0.29, 0.717) is 18.9 Å². The molecule has 0 aromatic rings. The van der Waals surface area contributed by atoms with Gasteiger partial charge in [0.25, 0.3) is 0 Å². The number of rotatable bonds is 5. The molecule has 1 amide bonds. The second kappa shape index (κ2) is 7.31. The highest BCUT2D eigenvalue weighted by Crippen LogP contribution is 2.39. The zero-order chi connectivity index (χ0) is 12.1. The van der Waals surface area contributed by atoms with Gasteiger partial charge in [0.2, 0.25) is 5.91 Å². The second-order valence-corrected chi connectivity index (χ2v) is 5.69. The maximum absolute atomic E-state index is 11.8. The van der Waals surface area contributed by atoms with E-state index in [1.165, 1.54) is 6.42 Å². The lowest BCUT2D eigenvalue weighted by molar-refractivity contribution is -0.123. The minimum absolute atomic E-state index is 0. The number of nitrogens with one attached hydrogen (secondary N) is 2. The molecule has 0 spiro atoms. The van der Waals surface area contributed by atoms with Crippen LogP contribution >= 0.6 is 12.4 Å². The molecule has 1 heterocycles. The average Bonchev–Trinajstić information content (AvgIpc) is 2.29. The van der Waals surface area contributed by atoms with Crippen molar-refractivity contribution in [2.45, 2.75) is 38.5 Å². The van der Waals surface area contributed by atoms with Crippen molar-refractivity contribution in [2.24, 2.45) is 11.3 Å². The van der Waals surface area contributed by atoms with Crippen LogP contribution in [0.2, 0.25) is 0 Å². The number of hydrogen-bond donors (Lipinski definition) is 3. The highest BCUT2D eigenvalue weighted by molar-refractivity contribution is 5.85. The van der Waals surface area contributed by atoms with Crippen LogP contribution in [0.1, 0.15) is 38.5 Å². The fourth-order valence-corrected chi connectivity index (χ4v) is 2.77. The summed E-state index contributed by atoms with van der Waals surface area (Å²) in [6, 6.07) is 0. The molecular formula is C13H25ClN2O2. The third kappa shape index (κ3) is 4.11. The van der Waals surface area contributed by atoms with Gasteiger partial charge in [-0.15, -0.1) is 12.4 Å². The van der Waals surface area contributed by atoms with E-state index < -0.39 is 0 Å². The molecule has 0 aromatic carbocycles. The molecule has 2 fully saturated rings. The molecule has 5 heteroatoms. The number of carbonyl (C=O) groups excluding carboxylic acids is 1.